The van der Waals surface area contributed by atoms with Crippen molar-refractivity contribution in [3.63, 3.8) is 0 Å². The Labute approximate surface area is 127 Å². The van der Waals surface area contributed by atoms with E-state index in [9.17, 15) is 4.79 Å². The van der Waals surface area contributed by atoms with Crippen molar-refractivity contribution in [3.05, 3.63) is 57.6 Å². The minimum absolute atomic E-state index is 0.487. The molecular formula is C17H17BrO2. The summed E-state index contributed by atoms with van der Waals surface area (Å²) >= 11 is 3.39. The second-order valence-corrected chi connectivity index (χ2v) is 5.99. The number of carbonyl (C=O) groups is 1. The molecule has 104 valence electrons. The van der Waals surface area contributed by atoms with Crippen LogP contribution in [-0.4, -0.2) is 6.29 Å². The first kappa shape index (κ1) is 14.8. The van der Waals surface area contributed by atoms with E-state index in [4.69, 9.17) is 4.74 Å². The Kier molecular flexibility index (Phi) is 4.61. The van der Waals surface area contributed by atoms with Crippen molar-refractivity contribution in [1.29, 1.82) is 0 Å². The van der Waals surface area contributed by atoms with Gasteiger partial charge in [-0.05, 0) is 54.3 Å². The first-order chi connectivity index (χ1) is 9.51. The molecule has 2 aromatic carbocycles. The SMILES string of the molecule is Cc1cc(Oc2cc(Br)ccc2C=O)ccc1C(C)C. The van der Waals surface area contributed by atoms with Gasteiger partial charge in [-0.3, -0.25) is 4.79 Å². The number of rotatable bonds is 4. The van der Waals surface area contributed by atoms with E-state index in [1.165, 1.54) is 11.1 Å². The molecule has 0 aromatic heterocycles. The Morgan fingerprint density at radius 3 is 2.50 bits per heavy atom. The van der Waals surface area contributed by atoms with Crippen LogP contribution in [0.4, 0.5) is 0 Å². The van der Waals surface area contributed by atoms with E-state index in [0.717, 1.165) is 16.5 Å². The van der Waals surface area contributed by atoms with Crippen LogP contribution in [0.25, 0.3) is 0 Å². The Morgan fingerprint density at radius 2 is 1.90 bits per heavy atom. The van der Waals surface area contributed by atoms with Crippen molar-refractivity contribution in [2.45, 2.75) is 26.7 Å². The molecule has 0 saturated heterocycles. The van der Waals surface area contributed by atoms with Crippen LogP contribution in [0.5, 0.6) is 11.5 Å². The van der Waals surface area contributed by atoms with Crippen LogP contribution in [0.15, 0.2) is 40.9 Å². The number of carbonyl (C=O) groups excluding carboxylic acids is 1. The first-order valence-corrected chi connectivity index (χ1v) is 7.33. The van der Waals surface area contributed by atoms with Crippen molar-refractivity contribution in [2.75, 3.05) is 0 Å². The first-order valence-electron chi connectivity index (χ1n) is 6.54. The third-order valence-corrected chi connectivity index (χ3v) is 3.69. The number of aldehydes is 1. The Morgan fingerprint density at radius 1 is 1.15 bits per heavy atom. The Balaban J connectivity index is 2.33. The summed E-state index contributed by atoms with van der Waals surface area (Å²) in [4.78, 5) is 11.0. The average Bonchev–Trinajstić information content (AvgIpc) is 2.38. The molecule has 0 aliphatic heterocycles. The van der Waals surface area contributed by atoms with Gasteiger partial charge in [0.2, 0.25) is 0 Å². The molecule has 0 fully saturated rings. The van der Waals surface area contributed by atoms with Gasteiger partial charge in [0.15, 0.2) is 6.29 Å². The van der Waals surface area contributed by atoms with Crippen LogP contribution in [-0.2, 0) is 0 Å². The summed E-state index contributed by atoms with van der Waals surface area (Å²) in [6.45, 7) is 6.41. The summed E-state index contributed by atoms with van der Waals surface area (Å²) in [5, 5.41) is 0. The second kappa shape index (κ2) is 6.23. The summed E-state index contributed by atoms with van der Waals surface area (Å²) in [6, 6.07) is 11.4. The van der Waals surface area contributed by atoms with Crippen molar-refractivity contribution < 1.29 is 9.53 Å². The van der Waals surface area contributed by atoms with E-state index in [-0.39, 0.29) is 0 Å². The van der Waals surface area contributed by atoms with Crippen LogP contribution >= 0.6 is 15.9 Å². The van der Waals surface area contributed by atoms with Crippen LogP contribution in [0, 0.1) is 6.92 Å². The van der Waals surface area contributed by atoms with E-state index in [2.05, 4.69) is 42.8 Å². The topological polar surface area (TPSA) is 26.3 Å². The molecule has 2 aromatic rings. The largest absolute Gasteiger partial charge is 0.457 e. The molecule has 0 atom stereocenters. The fraction of sp³-hybridized carbons (Fsp3) is 0.235. The summed E-state index contributed by atoms with van der Waals surface area (Å²) in [7, 11) is 0. The zero-order chi connectivity index (χ0) is 14.7. The predicted octanol–water partition coefficient (Wildman–Crippen LogP) is 5.49. The molecule has 0 saturated carbocycles. The van der Waals surface area contributed by atoms with E-state index in [0.29, 0.717) is 17.2 Å². The van der Waals surface area contributed by atoms with Crippen molar-refractivity contribution in [1.82, 2.24) is 0 Å². The molecule has 20 heavy (non-hydrogen) atoms. The fourth-order valence-electron chi connectivity index (χ4n) is 2.18. The van der Waals surface area contributed by atoms with Gasteiger partial charge in [0.05, 0.1) is 5.56 Å². The van der Waals surface area contributed by atoms with Gasteiger partial charge in [-0.25, -0.2) is 0 Å². The minimum Gasteiger partial charge on any atom is -0.457 e. The molecule has 0 unspecified atom stereocenters. The van der Waals surface area contributed by atoms with Crippen LogP contribution in [0.1, 0.15) is 41.3 Å². The van der Waals surface area contributed by atoms with Gasteiger partial charge in [0.1, 0.15) is 11.5 Å². The van der Waals surface area contributed by atoms with Gasteiger partial charge in [0.25, 0.3) is 0 Å². The standard InChI is InChI=1S/C17H17BrO2/c1-11(2)16-7-6-15(8-12(16)3)20-17-9-14(18)5-4-13(17)10-19/h4-11H,1-3H3. The third-order valence-electron chi connectivity index (χ3n) is 3.19. The van der Waals surface area contributed by atoms with Gasteiger partial charge in [0, 0.05) is 4.47 Å². The number of hydrogen-bond acceptors (Lipinski definition) is 2. The third kappa shape index (κ3) is 3.28. The molecule has 0 heterocycles. The number of benzene rings is 2. The van der Waals surface area contributed by atoms with Gasteiger partial charge in [-0.1, -0.05) is 35.8 Å². The minimum atomic E-state index is 0.487. The fourth-order valence-corrected chi connectivity index (χ4v) is 2.52. The van der Waals surface area contributed by atoms with E-state index in [1.54, 1.807) is 12.1 Å². The normalized spacial score (nSPS) is 10.7. The quantitative estimate of drug-likeness (QED) is 0.692. The Hall–Kier alpha value is -1.61. The molecule has 0 aliphatic rings. The number of hydrogen-bond donors (Lipinski definition) is 0. The molecular weight excluding hydrogens is 316 g/mol. The summed E-state index contributed by atoms with van der Waals surface area (Å²) in [5.41, 5.74) is 3.04. The lowest BCUT2D eigenvalue weighted by atomic mass is 9.98. The second-order valence-electron chi connectivity index (χ2n) is 5.08. The van der Waals surface area contributed by atoms with Gasteiger partial charge < -0.3 is 4.74 Å². The van der Waals surface area contributed by atoms with E-state index >= 15 is 0 Å². The van der Waals surface area contributed by atoms with Gasteiger partial charge in [-0.15, -0.1) is 0 Å². The van der Waals surface area contributed by atoms with Crippen molar-refractivity contribution in [2.24, 2.45) is 0 Å². The highest BCUT2D eigenvalue weighted by molar-refractivity contribution is 9.10. The van der Waals surface area contributed by atoms with Crippen molar-refractivity contribution in [3.8, 4) is 11.5 Å². The summed E-state index contributed by atoms with van der Waals surface area (Å²) in [6.07, 6.45) is 0.803. The van der Waals surface area contributed by atoms with E-state index < -0.39 is 0 Å². The van der Waals surface area contributed by atoms with E-state index in [1.807, 2.05) is 18.2 Å². The zero-order valence-corrected chi connectivity index (χ0v) is 13.4. The maximum atomic E-state index is 11.0. The maximum Gasteiger partial charge on any atom is 0.153 e. The number of ether oxygens (including phenoxy) is 1. The lowest BCUT2D eigenvalue weighted by Crippen LogP contribution is -1.94. The predicted molar refractivity (Wildman–Crippen MR) is 84.9 cm³/mol. The van der Waals surface area contributed by atoms with Crippen LogP contribution < -0.4 is 4.74 Å². The molecule has 0 spiro atoms. The smallest absolute Gasteiger partial charge is 0.153 e. The molecule has 0 aliphatic carbocycles. The van der Waals surface area contributed by atoms with Crippen LogP contribution in [0.3, 0.4) is 0 Å². The molecule has 0 N–H and O–H groups in total. The number of halogens is 1. The molecule has 3 heteroatoms. The van der Waals surface area contributed by atoms with Gasteiger partial charge in [-0.2, -0.15) is 0 Å². The number of aryl methyl sites for hydroxylation is 1. The van der Waals surface area contributed by atoms with Gasteiger partial charge >= 0.3 is 0 Å². The molecule has 2 rings (SSSR count). The lowest BCUT2D eigenvalue weighted by molar-refractivity contribution is 0.112. The monoisotopic (exact) mass is 332 g/mol. The maximum absolute atomic E-state index is 11.0. The highest BCUT2D eigenvalue weighted by Gasteiger charge is 2.08. The average molecular weight is 333 g/mol. The van der Waals surface area contributed by atoms with Crippen LogP contribution in [0.2, 0.25) is 0 Å². The summed E-state index contributed by atoms with van der Waals surface area (Å²) < 4.78 is 6.72. The summed E-state index contributed by atoms with van der Waals surface area (Å²) in [5.74, 6) is 1.79. The highest BCUT2D eigenvalue weighted by Crippen LogP contribution is 2.30. The lowest BCUT2D eigenvalue weighted by Gasteiger charge is -2.13. The highest BCUT2D eigenvalue weighted by atomic mass is 79.9. The van der Waals surface area contributed by atoms with Crippen molar-refractivity contribution >= 4 is 22.2 Å². The molecule has 0 radical (unpaired) electrons. The molecule has 0 bridgehead atoms. The zero-order valence-electron chi connectivity index (χ0n) is 11.8. The molecule has 2 nitrogen and oxygen atoms in total. The molecule has 0 amide bonds. The Bertz CT molecular complexity index is 633.